The Kier molecular flexibility index (Phi) is 3.68. The monoisotopic (exact) mass is 330 g/mol. The van der Waals surface area contributed by atoms with E-state index in [0.717, 1.165) is 12.8 Å². The lowest BCUT2D eigenvalue weighted by atomic mass is 9.84. The Bertz CT molecular complexity index is 727. The fourth-order valence-electron chi connectivity index (χ4n) is 3.26. The van der Waals surface area contributed by atoms with Gasteiger partial charge in [-0.3, -0.25) is 9.78 Å². The second-order valence-corrected chi connectivity index (χ2v) is 6.24. The van der Waals surface area contributed by atoms with Crippen molar-refractivity contribution in [1.82, 2.24) is 19.9 Å². The van der Waals surface area contributed by atoms with Gasteiger partial charge in [0.25, 0.3) is 5.91 Å². The van der Waals surface area contributed by atoms with Gasteiger partial charge in [-0.05, 0) is 6.92 Å². The van der Waals surface area contributed by atoms with Gasteiger partial charge in [-0.2, -0.15) is 0 Å². The van der Waals surface area contributed by atoms with Gasteiger partial charge in [-0.1, -0.05) is 0 Å². The molecule has 0 aliphatic carbocycles. The standard InChI is InChI=1S/C16H18N4O4/c1-11-14(22-10-19-11)15(21)20-8-16(9-20)6-12(2-5-23-16)24-13-7-17-3-4-18-13/h3-4,7,10,12H,2,5-6,8-9H2,1H3. The summed E-state index contributed by atoms with van der Waals surface area (Å²) in [7, 11) is 0. The molecule has 4 heterocycles. The van der Waals surface area contributed by atoms with Gasteiger partial charge < -0.3 is 18.8 Å². The Balaban J connectivity index is 1.37. The first kappa shape index (κ1) is 15.1. The highest BCUT2D eigenvalue weighted by Gasteiger charge is 2.50. The predicted molar refractivity (Wildman–Crippen MR) is 81.5 cm³/mol. The van der Waals surface area contributed by atoms with Gasteiger partial charge >= 0.3 is 0 Å². The van der Waals surface area contributed by atoms with Crippen molar-refractivity contribution >= 4 is 5.91 Å². The van der Waals surface area contributed by atoms with Crippen LogP contribution in [-0.4, -0.2) is 57.2 Å². The lowest BCUT2D eigenvalue weighted by Gasteiger charge is -2.52. The summed E-state index contributed by atoms with van der Waals surface area (Å²) in [5, 5.41) is 0. The number of nitrogens with zero attached hydrogens (tertiary/aromatic N) is 4. The zero-order chi connectivity index (χ0) is 16.6. The molecule has 2 aromatic heterocycles. The number of aryl methyl sites for hydroxylation is 1. The summed E-state index contributed by atoms with van der Waals surface area (Å²) < 4.78 is 17.0. The molecule has 4 rings (SSSR count). The molecule has 1 spiro atoms. The van der Waals surface area contributed by atoms with E-state index in [1.165, 1.54) is 6.39 Å². The molecular weight excluding hydrogens is 312 g/mol. The highest BCUT2D eigenvalue weighted by Crippen LogP contribution is 2.36. The molecule has 8 nitrogen and oxygen atoms in total. The Hall–Kier alpha value is -2.48. The maximum atomic E-state index is 12.4. The number of likely N-dealkylation sites (tertiary alicyclic amines) is 1. The molecule has 2 aliphatic heterocycles. The van der Waals surface area contributed by atoms with E-state index in [4.69, 9.17) is 13.9 Å². The van der Waals surface area contributed by atoms with Crippen LogP contribution in [-0.2, 0) is 4.74 Å². The summed E-state index contributed by atoms with van der Waals surface area (Å²) in [4.78, 5) is 26.2. The van der Waals surface area contributed by atoms with E-state index in [2.05, 4.69) is 15.0 Å². The first-order chi connectivity index (χ1) is 11.7. The molecule has 2 aromatic rings. The molecule has 1 amide bonds. The van der Waals surface area contributed by atoms with Crippen molar-refractivity contribution in [1.29, 1.82) is 0 Å². The van der Waals surface area contributed by atoms with Gasteiger partial charge in [-0.25, -0.2) is 9.97 Å². The van der Waals surface area contributed by atoms with Gasteiger partial charge in [0.1, 0.15) is 11.7 Å². The number of ether oxygens (including phenoxy) is 2. The number of aromatic nitrogens is 3. The van der Waals surface area contributed by atoms with Crippen molar-refractivity contribution in [2.24, 2.45) is 0 Å². The van der Waals surface area contributed by atoms with Crippen LogP contribution in [0.4, 0.5) is 0 Å². The van der Waals surface area contributed by atoms with Crippen molar-refractivity contribution in [2.45, 2.75) is 31.5 Å². The van der Waals surface area contributed by atoms with Crippen LogP contribution in [0.25, 0.3) is 0 Å². The molecule has 1 unspecified atom stereocenters. The second kappa shape index (κ2) is 5.86. The van der Waals surface area contributed by atoms with Gasteiger partial charge in [0, 0.05) is 25.2 Å². The summed E-state index contributed by atoms with van der Waals surface area (Å²) in [6.45, 7) is 3.43. The molecule has 8 heteroatoms. The Morgan fingerprint density at radius 2 is 2.25 bits per heavy atom. The van der Waals surface area contributed by atoms with Crippen molar-refractivity contribution in [3.8, 4) is 5.88 Å². The Morgan fingerprint density at radius 3 is 2.96 bits per heavy atom. The zero-order valence-corrected chi connectivity index (χ0v) is 13.3. The third-order valence-corrected chi connectivity index (χ3v) is 4.46. The predicted octanol–water partition coefficient (Wildman–Crippen LogP) is 1.23. The quantitative estimate of drug-likeness (QED) is 0.836. The van der Waals surface area contributed by atoms with E-state index >= 15 is 0 Å². The molecule has 0 N–H and O–H groups in total. The topological polar surface area (TPSA) is 90.6 Å². The number of carbonyl (C=O) groups is 1. The van der Waals surface area contributed by atoms with Crippen LogP contribution < -0.4 is 4.74 Å². The van der Waals surface area contributed by atoms with Crippen LogP contribution in [0.2, 0.25) is 0 Å². The van der Waals surface area contributed by atoms with Gasteiger partial charge in [0.2, 0.25) is 11.6 Å². The molecule has 126 valence electrons. The largest absolute Gasteiger partial charge is 0.473 e. The van der Waals surface area contributed by atoms with E-state index in [1.54, 1.807) is 30.4 Å². The Morgan fingerprint density at radius 1 is 1.38 bits per heavy atom. The lowest BCUT2D eigenvalue weighted by Crippen LogP contribution is -2.67. The maximum absolute atomic E-state index is 12.4. The molecule has 0 bridgehead atoms. The fraction of sp³-hybridized carbons (Fsp3) is 0.500. The molecule has 24 heavy (non-hydrogen) atoms. The first-order valence-corrected chi connectivity index (χ1v) is 7.91. The summed E-state index contributed by atoms with van der Waals surface area (Å²) in [6.07, 6.45) is 7.65. The number of hydrogen-bond donors (Lipinski definition) is 0. The fourth-order valence-corrected chi connectivity index (χ4v) is 3.26. The molecular formula is C16H18N4O4. The minimum Gasteiger partial charge on any atom is -0.473 e. The molecule has 0 aromatic carbocycles. The van der Waals surface area contributed by atoms with E-state index in [-0.39, 0.29) is 17.6 Å². The number of carbonyl (C=O) groups excluding carboxylic acids is 1. The number of oxazole rings is 1. The van der Waals surface area contributed by atoms with Crippen molar-refractivity contribution in [3.05, 3.63) is 36.4 Å². The van der Waals surface area contributed by atoms with Gasteiger partial charge in [-0.15, -0.1) is 0 Å². The van der Waals surface area contributed by atoms with E-state index in [9.17, 15) is 4.79 Å². The average molecular weight is 330 g/mol. The van der Waals surface area contributed by atoms with Crippen LogP contribution in [0.5, 0.6) is 5.88 Å². The van der Waals surface area contributed by atoms with E-state index < -0.39 is 0 Å². The van der Waals surface area contributed by atoms with E-state index in [0.29, 0.717) is 37.0 Å². The van der Waals surface area contributed by atoms with Crippen LogP contribution in [0.15, 0.2) is 29.4 Å². The maximum Gasteiger partial charge on any atom is 0.291 e. The lowest BCUT2D eigenvalue weighted by molar-refractivity contribution is -0.174. The number of hydrogen-bond acceptors (Lipinski definition) is 7. The van der Waals surface area contributed by atoms with Crippen LogP contribution in [0, 0.1) is 6.92 Å². The second-order valence-electron chi connectivity index (χ2n) is 6.24. The molecule has 0 saturated carbocycles. The summed E-state index contributed by atoms with van der Waals surface area (Å²) in [5.41, 5.74) is 0.267. The number of amides is 1. The average Bonchev–Trinajstić information content (AvgIpc) is 2.99. The van der Waals surface area contributed by atoms with E-state index in [1.807, 2.05) is 0 Å². The highest BCUT2D eigenvalue weighted by atomic mass is 16.5. The van der Waals surface area contributed by atoms with Crippen molar-refractivity contribution in [2.75, 3.05) is 19.7 Å². The van der Waals surface area contributed by atoms with Crippen LogP contribution in [0.3, 0.4) is 0 Å². The molecule has 2 aliphatic rings. The van der Waals surface area contributed by atoms with Crippen LogP contribution in [0.1, 0.15) is 29.1 Å². The minimum atomic E-state index is -0.339. The third kappa shape index (κ3) is 2.73. The summed E-state index contributed by atoms with van der Waals surface area (Å²) >= 11 is 0. The molecule has 2 saturated heterocycles. The van der Waals surface area contributed by atoms with Gasteiger partial charge in [0.05, 0.1) is 31.6 Å². The minimum absolute atomic E-state index is 0.0136. The SMILES string of the molecule is Cc1ncoc1C(=O)N1CC2(CC(Oc3cnccn3)CCO2)C1. The van der Waals surface area contributed by atoms with Crippen molar-refractivity contribution < 1.29 is 18.7 Å². The third-order valence-electron chi connectivity index (χ3n) is 4.46. The summed E-state index contributed by atoms with van der Waals surface area (Å²) in [5.74, 6) is 0.674. The zero-order valence-electron chi connectivity index (χ0n) is 13.3. The smallest absolute Gasteiger partial charge is 0.291 e. The van der Waals surface area contributed by atoms with Crippen LogP contribution >= 0.6 is 0 Å². The van der Waals surface area contributed by atoms with Crippen molar-refractivity contribution in [3.63, 3.8) is 0 Å². The normalized spacial score (nSPS) is 22.2. The number of rotatable bonds is 3. The molecule has 0 radical (unpaired) electrons. The molecule has 2 fully saturated rings. The summed E-state index contributed by atoms with van der Waals surface area (Å²) in [6, 6.07) is 0. The van der Waals surface area contributed by atoms with Gasteiger partial charge in [0.15, 0.2) is 6.39 Å². The molecule has 1 atom stereocenters. The highest BCUT2D eigenvalue weighted by molar-refractivity contribution is 5.93. The Labute approximate surface area is 138 Å². The first-order valence-electron chi connectivity index (χ1n) is 7.91.